The molecule has 138 valence electrons. The van der Waals surface area contributed by atoms with Gasteiger partial charge in [-0.15, -0.1) is 0 Å². The molecule has 1 aromatic carbocycles. The second kappa shape index (κ2) is 8.27. The third-order valence-electron chi connectivity index (χ3n) is 3.94. The first-order valence-corrected chi connectivity index (χ1v) is 8.64. The zero-order valence-corrected chi connectivity index (χ0v) is 15.2. The van der Waals surface area contributed by atoms with Crippen molar-refractivity contribution in [3.63, 3.8) is 0 Å². The van der Waals surface area contributed by atoms with E-state index in [1.54, 1.807) is 35.1 Å². The summed E-state index contributed by atoms with van der Waals surface area (Å²) in [7, 11) is 0. The van der Waals surface area contributed by atoms with Crippen molar-refractivity contribution in [3.8, 4) is 5.82 Å². The maximum absolute atomic E-state index is 12.6. The summed E-state index contributed by atoms with van der Waals surface area (Å²) in [6.45, 7) is 4.13. The molecule has 0 saturated heterocycles. The summed E-state index contributed by atoms with van der Waals surface area (Å²) in [5.41, 5.74) is 2.16. The van der Waals surface area contributed by atoms with E-state index in [1.165, 1.54) is 6.20 Å². The van der Waals surface area contributed by atoms with Crippen LogP contribution in [0.2, 0.25) is 0 Å². The Morgan fingerprint density at radius 2 is 1.93 bits per heavy atom. The number of esters is 1. The standard InChI is InChI=1S/C20H20N4O3/c1-3-12-27-20(26)15-7-9-16(10-8-15)23-19(25)17-13-22-24(14(17)2)18-6-4-5-11-21-18/h4-11,13H,3,12H2,1-2H3,(H,23,25). The van der Waals surface area contributed by atoms with Crippen LogP contribution >= 0.6 is 0 Å². The van der Waals surface area contributed by atoms with Gasteiger partial charge in [0.2, 0.25) is 0 Å². The Morgan fingerprint density at radius 1 is 1.15 bits per heavy atom. The van der Waals surface area contributed by atoms with Crippen molar-refractivity contribution >= 4 is 17.6 Å². The number of benzene rings is 1. The fourth-order valence-corrected chi connectivity index (χ4v) is 2.51. The number of ether oxygens (including phenoxy) is 1. The first kappa shape index (κ1) is 18.3. The minimum Gasteiger partial charge on any atom is -0.462 e. The van der Waals surface area contributed by atoms with Crippen molar-refractivity contribution in [2.75, 3.05) is 11.9 Å². The van der Waals surface area contributed by atoms with E-state index in [1.807, 2.05) is 32.0 Å². The lowest BCUT2D eigenvalue weighted by Crippen LogP contribution is -2.13. The van der Waals surface area contributed by atoms with Crippen LogP contribution in [0.5, 0.6) is 0 Å². The summed E-state index contributed by atoms with van der Waals surface area (Å²) in [6.07, 6.45) is 3.95. The Morgan fingerprint density at radius 3 is 2.59 bits per heavy atom. The van der Waals surface area contributed by atoms with Crippen molar-refractivity contribution in [2.45, 2.75) is 20.3 Å². The van der Waals surface area contributed by atoms with Crippen molar-refractivity contribution in [2.24, 2.45) is 0 Å². The normalized spacial score (nSPS) is 10.4. The summed E-state index contributed by atoms with van der Waals surface area (Å²) in [5.74, 6) is -0.0119. The molecule has 1 amide bonds. The first-order chi connectivity index (χ1) is 13.1. The molecule has 0 aliphatic heterocycles. The van der Waals surface area contributed by atoms with Crippen LogP contribution in [0, 0.1) is 6.92 Å². The number of hydrogen-bond acceptors (Lipinski definition) is 5. The first-order valence-electron chi connectivity index (χ1n) is 8.64. The lowest BCUT2D eigenvalue weighted by molar-refractivity contribution is 0.0505. The third kappa shape index (κ3) is 4.20. The molecule has 0 unspecified atom stereocenters. The van der Waals surface area contributed by atoms with Crippen LogP contribution < -0.4 is 5.32 Å². The molecule has 0 aliphatic rings. The number of amides is 1. The Hall–Kier alpha value is -3.48. The van der Waals surface area contributed by atoms with E-state index in [0.29, 0.717) is 34.9 Å². The highest BCUT2D eigenvalue weighted by Gasteiger charge is 2.16. The minimum atomic E-state index is -0.373. The van der Waals surface area contributed by atoms with Gasteiger partial charge in [-0.25, -0.2) is 14.5 Å². The number of carbonyl (C=O) groups is 2. The number of nitrogens with one attached hydrogen (secondary N) is 1. The second-order valence-electron chi connectivity index (χ2n) is 5.91. The number of nitrogens with zero attached hydrogens (tertiary/aromatic N) is 3. The van der Waals surface area contributed by atoms with Crippen LogP contribution in [0.3, 0.4) is 0 Å². The quantitative estimate of drug-likeness (QED) is 0.678. The van der Waals surface area contributed by atoms with Gasteiger partial charge >= 0.3 is 5.97 Å². The molecule has 3 rings (SSSR count). The van der Waals surface area contributed by atoms with Crippen LogP contribution in [-0.4, -0.2) is 33.2 Å². The lowest BCUT2D eigenvalue weighted by Gasteiger charge is -2.07. The zero-order valence-electron chi connectivity index (χ0n) is 15.2. The van der Waals surface area contributed by atoms with Crippen LogP contribution in [0.25, 0.3) is 5.82 Å². The maximum atomic E-state index is 12.6. The molecule has 7 heteroatoms. The molecule has 2 aromatic heterocycles. The van der Waals surface area contributed by atoms with E-state index < -0.39 is 0 Å². The molecule has 0 radical (unpaired) electrons. The second-order valence-corrected chi connectivity index (χ2v) is 5.91. The van der Waals surface area contributed by atoms with Gasteiger partial charge < -0.3 is 10.1 Å². The molecule has 0 spiro atoms. The summed E-state index contributed by atoms with van der Waals surface area (Å²) in [4.78, 5) is 28.6. The molecule has 0 bridgehead atoms. The van der Waals surface area contributed by atoms with E-state index in [9.17, 15) is 9.59 Å². The molecular formula is C20H20N4O3. The molecule has 0 atom stereocenters. The number of carbonyl (C=O) groups excluding carboxylic acids is 2. The SMILES string of the molecule is CCCOC(=O)c1ccc(NC(=O)c2cnn(-c3ccccn3)c2C)cc1. The molecule has 27 heavy (non-hydrogen) atoms. The number of anilines is 1. The van der Waals surface area contributed by atoms with Crippen molar-refractivity contribution in [1.29, 1.82) is 0 Å². The monoisotopic (exact) mass is 364 g/mol. The van der Waals surface area contributed by atoms with Crippen molar-refractivity contribution in [3.05, 3.63) is 71.7 Å². The van der Waals surface area contributed by atoms with Gasteiger partial charge in [0.05, 0.1) is 29.6 Å². The van der Waals surface area contributed by atoms with Crippen LogP contribution in [0.4, 0.5) is 5.69 Å². The number of aromatic nitrogens is 3. The van der Waals surface area contributed by atoms with E-state index >= 15 is 0 Å². The number of pyridine rings is 1. The van der Waals surface area contributed by atoms with E-state index in [2.05, 4.69) is 15.4 Å². The molecule has 2 heterocycles. The van der Waals surface area contributed by atoms with Crippen molar-refractivity contribution < 1.29 is 14.3 Å². The van der Waals surface area contributed by atoms with Gasteiger partial charge in [0, 0.05) is 11.9 Å². The van der Waals surface area contributed by atoms with Gasteiger partial charge in [0.15, 0.2) is 5.82 Å². The highest BCUT2D eigenvalue weighted by molar-refractivity contribution is 6.05. The third-order valence-corrected chi connectivity index (χ3v) is 3.94. The van der Waals surface area contributed by atoms with Crippen LogP contribution in [0.1, 0.15) is 39.8 Å². The van der Waals surface area contributed by atoms with Crippen LogP contribution in [-0.2, 0) is 4.74 Å². The zero-order chi connectivity index (χ0) is 19.2. The van der Waals surface area contributed by atoms with Gasteiger partial charge in [0.1, 0.15) is 0 Å². The molecule has 0 aliphatic carbocycles. The summed E-state index contributed by atoms with van der Waals surface area (Å²) >= 11 is 0. The van der Waals surface area contributed by atoms with E-state index in [4.69, 9.17) is 4.74 Å². The average molecular weight is 364 g/mol. The predicted molar refractivity (Wildman–Crippen MR) is 101 cm³/mol. The topological polar surface area (TPSA) is 86.1 Å². The molecule has 1 N–H and O–H groups in total. The smallest absolute Gasteiger partial charge is 0.338 e. The van der Waals surface area contributed by atoms with Crippen molar-refractivity contribution in [1.82, 2.24) is 14.8 Å². The largest absolute Gasteiger partial charge is 0.462 e. The Balaban J connectivity index is 1.71. The van der Waals surface area contributed by atoms with Gasteiger partial charge in [-0.1, -0.05) is 13.0 Å². The van der Waals surface area contributed by atoms with Gasteiger partial charge in [-0.3, -0.25) is 4.79 Å². The molecule has 0 fully saturated rings. The fourth-order valence-electron chi connectivity index (χ4n) is 2.51. The summed E-state index contributed by atoms with van der Waals surface area (Å²) in [5, 5.41) is 7.06. The lowest BCUT2D eigenvalue weighted by atomic mass is 10.2. The summed E-state index contributed by atoms with van der Waals surface area (Å²) < 4.78 is 6.70. The number of hydrogen-bond donors (Lipinski definition) is 1. The van der Waals surface area contributed by atoms with E-state index in [0.717, 1.165) is 6.42 Å². The molecular weight excluding hydrogens is 344 g/mol. The predicted octanol–water partition coefficient (Wildman–Crippen LogP) is 3.39. The number of rotatable bonds is 6. The fraction of sp³-hybridized carbons (Fsp3) is 0.200. The van der Waals surface area contributed by atoms with Gasteiger partial charge in [-0.05, 0) is 49.7 Å². The summed E-state index contributed by atoms with van der Waals surface area (Å²) in [6, 6.07) is 12.1. The van der Waals surface area contributed by atoms with Gasteiger partial charge in [-0.2, -0.15) is 5.10 Å². The molecule has 7 nitrogen and oxygen atoms in total. The average Bonchev–Trinajstić information content (AvgIpc) is 3.09. The Labute approximate surface area is 157 Å². The highest BCUT2D eigenvalue weighted by Crippen LogP contribution is 2.16. The molecule has 0 saturated carbocycles. The van der Waals surface area contributed by atoms with E-state index in [-0.39, 0.29) is 11.9 Å². The minimum absolute atomic E-state index is 0.281. The maximum Gasteiger partial charge on any atom is 0.338 e. The Bertz CT molecular complexity index is 934. The molecule has 3 aromatic rings. The van der Waals surface area contributed by atoms with Crippen LogP contribution in [0.15, 0.2) is 54.9 Å². The highest BCUT2D eigenvalue weighted by atomic mass is 16.5. The Kier molecular flexibility index (Phi) is 5.61. The van der Waals surface area contributed by atoms with Gasteiger partial charge in [0.25, 0.3) is 5.91 Å².